The number of likely N-dealkylation sites (tertiary alicyclic amines) is 1. The zero-order valence-electron chi connectivity index (χ0n) is 14.9. The Kier molecular flexibility index (Phi) is 4.79. The smallest absolute Gasteiger partial charge is 0.152 e. The molecule has 0 spiro atoms. The third-order valence-corrected chi connectivity index (χ3v) is 5.13. The Morgan fingerprint density at radius 1 is 1.15 bits per heavy atom. The number of halogens is 1. The van der Waals surface area contributed by atoms with Gasteiger partial charge in [-0.25, -0.2) is 9.37 Å². The van der Waals surface area contributed by atoms with E-state index in [0.29, 0.717) is 12.5 Å². The molecule has 0 unspecified atom stereocenters. The van der Waals surface area contributed by atoms with E-state index in [2.05, 4.69) is 24.6 Å². The van der Waals surface area contributed by atoms with E-state index < -0.39 is 0 Å². The zero-order valence-corrected chi connectivity index (χ0v) is 14.9. The van der Waals surface area contributed by atoms with Gasteiger partial charge in [0, 0.05) is 31.9 Å². The van der Waals surface area contributed by atoms with Crippen LogP contribution in [0.1, 0.15) is 36.0 Å². The van der Waals surface area contributed by atoms with Crippen LogP contribution in [0.15, 0.2) is 43.0 Å². The SMILES string of the molecule is Cn1c(Cn2ccnc2)nnc1C1CCN(Cc2cccc(F)c2)CC1. The van der Waals surface area contributed by atoms with Crippen molar-refractivity contribution in [2.24, 2.45) is 7.05 Å². The number of piperidine rings is 1. The van der Waals surface area contributed by atoms with Crippen molar-refractivity contribution in [3.63, 3.8) is 0 Å². The predicted molar refractivity (Wildman–Crippen MR) is 96.0 cm³/mol. The van der Waals surface area contributed by atoms with E-state index in [1.165, 1.54) is 6.07 Å². The molecule has 3 heterocycles. The van der Waals surface area contributed by atoms with Gasteiger partial charge in [-0.05, 0) is 43.6 Å². The third-order valence-electron chi connectivity index (χ3n) is 5.13. The molecule has 0 saturated carbocycles. The number of rotatable bonds is 5. The van der Waals surface area contributed by atoms with Crippen LogP contribution in [-0.4, -0.2) is 42.3 Å². The molecule has 1 aromatic carbocycles. The molecule has 4 rings (SSSR count). The molecule has 2 aromatic heterocycles. The lowest BCUT2D eigenvalue weighted by atomic mass is 9.95. The Labute approximate surface area is 152 Å². The molecule has 1 aliphatic rings. The molecular weight excluding hydrogens is 331 g/mol. The quantitative estimate of drug-likeness (QED) is 0.707. The van der Waals surface area contributed by atoms with Crippen molar-refractivity contribution in [3.8, 4) is 0 Å². The van der Waals surface area contributed by atoms with Gasteiger partial charge in [0.25, 0.3) is 0 Å². The molecule has 0 atom stereocenters. The fraction of sp³-hybridized carbons (Fsp3) is 0.421. The largest absolute Gasteiger partial charge is 0.330 e. The van der Waals surface area contributed by atoms with Crippen LogP contribution in [0.4, 0.5) is 4.39 Å². The lowest BCUT2D eigenvalue weighted by Gasteiger charge is -2.31. The summed E-state index contributed by atoms with van der Waals surface area (Å²) in [6.45, 7) is 3.47. The van der Waals surface area contributed by atoms with Crippen LogP contribution < -0.4 is 0 Å². The van der Waals surface area contributed by atoms with Gasteiger partial charge in [-0.2, -0.15) is 0 Å². The van der Waals surface area contributed by atoms with Crippen LogP contribution in [0.3, 0.4) is 0 Å². The van der Waals surface area contributed by atoms with Gasteiger partial charge in [0.2, 0.25) is 0 Å². The summed E-state index contributed by atoms with van der Waals surface area (Å²) in [5.41, 5.74) is 1.03. The summed E-state index contributed by atoms with van der Waals surface area (Å²) < 4.78 is 17.5. The standard InChI is InChI=1S/C19H23FN6/c1-24-18(13-26-10-7-21-14-26)22-23-19(24)16-5-8-25(9-6-16)12-15-3-2-4-17(20)11-15/h2-4,7,10-11,14,16H,5-6,8-9,12-13H2,1H3. The first-order valence-electron chi connectivity index (χ1n) is 9.00. The van der Waals surface area contributed by atoms with Crippen LogP contribution in [0.5, 0.6) is 0 Å². The summed E-state index contributed by atoms with van der Waals surface area (Å²) >= 11 is 0. The molecule has 0 radical (unpaired) electrons. The molecule has 136 valence electrons. The lowest BCUT2D eigenvalue weighted by Crippen LogP contribution is -2.33. The molecule has 0 amide bonds. The Balaban J connectivity index is 1.37. The van der Waals surface area contributed by atoms with Gasteiger partial charge in [-0.15, -0.1) is 10.2 Å². The highest BCUT2D eigenvalue weighted by Gasteiger charge is 2.25. The molecule has 1 fully saturated rings. The first-order valence-corrected chi connectivity index (χ1v) is 9.00. The first kappa shape index (κ1) is 16.9. The second-order valence-corrected chi connectivity index (χ2v) is 6.95. The van der Waals surface area contributed by atoms with E-state index in [9.17, 15) is 4.39 Å². The Bertz CT molecular complexity index is 849. The molecule has 0 N–H and O–H groups in total. The molecule has 1 aliphatic heterocycles. The molecule has 1 saturated heterocycles. The molecule has 3 aromatic rings. The van der Waals surface area contributed by atoms with E-state index in [1.807, 2.05) is 23.9 Å². The van der Waals surface area contributed by atoms with E-state index in [-0.39, 0.29) is 5.82 Å². The molecular formula is C19H23FN6. The average molecular weight is 354 g/mol. The van der Waals surface area contributed by atoms with Crippen molar-refractivity contribution in [2.75, 3.05) is 13.1 Å². The molecule has 26 heavy (non-hydrogen) atoms. The number of aromatic nitrogens is 5. The minimum absolute atomic E-state index is 0.165. The number of nitrogens with zero attached hydrogens (tertiary/aromatic N) is 6. The molecule has 0 bridgehead atoms. The highest BCUT2D eigenvalue weighted by Crippen LogP contribution is 2.27. The summed E-state index contributed by atoms with van der Waals surface area (Å²) in [7, 11) is 2.04. The van der Waals surface area contributed by atoms with E-state index in [0.717, 1.165) is 49.7 Å². The summed E-state index contributed by atoms with van der Waals surface area (Å²) in [5.74, 6) is 2.26. The average Bonchev–Trinajstić information content (AvgIpc) is 3.27. The van der Waals surface area contributed by atoms with Crippen molar-refractivity contribution in [2.45, 2.75) is 31.8 Å². The monoisotopic (exact) mass is 354 g/mol. The second-order valence-electron chi connectivity index (χ2n) is 6.95. The fourth-order valence-electron chi connectivity index (χ4n) is 3.65. The van der Waals surface area contributed by atoms with Gasteiger partial charge in [0.1, 0.15) is 11.6 Å². The summed E-state index contributed by atoms with van der Waals surface area (Å²) in [4.78, 5) is 6.45. The normalized spacial score (nSPS) is 16.2. The van der Waals surface area contributed by atoms with Crippen molar-refractivity contribution in [1.82, 2.24) is 29.2 Å². The van der Waals surface area contributed by atoms with Crippen molar-refractivity contribution >= 4 is 0 Å². The number of hydrogen-bond donors (Lipinski definition) is 0. The Morgan fingerprint density at radius 3 is 2.73 bits per heavy atom. The van der Waals surface area contributed by atoms with Crippen LogP contribution in [-0.2, 0) is 20.1 Å². The van der Waals surface area contributed by atoms with Gasteiger partial charge in [0.15, 0.2) is 5.82 Å². The van der Waals surface area contributed by atoms with Crippen molar-refractivity contribution < 1.29 is 4.39 Å². The van der Waals surface area contributed by atoms with Gasteiger partial charge >= 0.3 is 0 Å². The maximum Gasteiger partial charge on any atom is 0.152 e. The van der Waals surface area contributed by atoms with E-state index >= 15 is 0 Å². The van der Waals surface area contributed by atoms with Crippen LogP contribution in [0.2, 0.25) is 0 Å². The first-order chi connectivity index (χ1) is 12.7. The van der Waals surface area contributed by atoms with Crippen molar-refractivity contribution in [3.05, 3.63) is 66.0 Å². The topological polar surface area (TPSA) is 51.8 Å². The fourth-order valence-corrected chi connectivity index (χ4v) is 3.65. The van der Waals surface area contributed by atoms with Gasteiger partial charge in [0.05, 0.1) is 12.9 Å². The third kappa shape index (κ3) is 3.67. The summed E-state index contributed by atoms with van der Waals surface area (Å²) in [6.07, 6.45) is 7.59. The highest BCUT2D eigenvalue weighted by atomic mass is 19.1. The van der Waals surface area contributed by atoms with Gasteiger partial charge < -0.3 is 9.13 Å². The molecule has 6 nitrogen and oxygen atoms in total. The van der Waals surface area contributed by atoms with Crippen LogP contribution >= 0.6 is 0 Å². The Morgan fingerprint density at radius 2 is 2.00 bits per heavy atom. The van der Waals surface area contributed by atoms with E-state index in [1.54, 1.807) is 24.7 Å². The maximum absolute atomic E-state index is 13.3. The van der Waals surface area contributed by atoms with Gasteiger partial charge in [-0.3, -0.25) is 4.90 Å². The van der Waals surface area contributed by atoms with E-state index in [4.69, 9.17) is 0 Å². The molecule has 0 aliphatic carbocycles. The van der Waals surface area contributed by atoms with Gasteiger partial charge in [-0.1, -0.05) is 12.1 Å². The lowest BCUT2D eigenvalue weighted by molar-refractivity contribution is 0.200. The number of hydrogen-bond acceptors (Lipinski definition) is 4. The Hall–Kier alpha value is -2.54. The highest BCUT2D eigenvalue weighted by molar-refractivity contribution is 5.16. The number of benzene rings is 1. The minimum atomic E-state index is -0.165. The molecule has 7 heteroatoms. The van der Waals surface area contributed by atoms with Crippen molar-refractivity contribution in [1.29, 1.82) is 0 Å². The maximum atomic E-state index is 13.3. The zero-order chi connectivity index (χ0) is 17.9. The summed E-state index contributed by atoms with van der Waals surface area (Å²) in [5, 5.41) is 8.82. The predicted octanol–water partition coefficient (Wildman–Crippen LogP) is 2.58. The van der Waals surface area contributed by atoms with Crippen LogP contribution in [0.25, 0.3) is 0 Å². The van der Waals surface area contributed by atoms with Crippen LogP contribution in [0, 0.1) is 5.82 Å². The minimum Gasteiger partial charge on any atom is -0.330 e. The number of imidazole rings is 1. The second kappa shape index (κ2) is 7.37. The summed E-state index contributed by atoms with van der Waals surface area (Å²) in [6, 6.07) is 6.88.